The zero-order valence-electron chi connectivity index (χ0n) is 15.1. The number of sulfonamides is 1. The number of carbonyl (C=O) groups is 2. The highest BCUT2D eigenvalue weighted by molar-refractivity contribution is 7.92. The van der Waals surface area contributed by atoms with E-state index in [0.29, 0.717) is 6.54 Å². The van der Waals surface area contributed by atoms with Gasteiger partial charge in [-0.15, -0.1) is 0 Å². The summed E-state index contributed by atoms with van der Waals surface area (Å²) in [4.78, 5) is 23.6. The third-order valence-electron chi connectivity index (χ3n) is 3.60. The Bertz CT molecular complexity index is 956. The molecule has 0 unspecified atom stereocenters. The first-order valence-corrected chi connectivity index (χ1v) is 9.48. The molecule has 2 N–H and O–H groups in total. The van der Waals surface area contributed by atoms with Crippen LogP contribution in [0, 0.1) is 0 Å². The van der Waals surface area contributed by atoms with Crippen LogP contribution in [0.1, 0.15) is 27.6 Å². The number of anilines is 1. The summed E-state index contributed by atoms with van der Waals surface area (Å²) in [6.07, 6.45) is 0. The van der Waals surface area contributed by atoms with Gasteiger partial charge in [0.15, 0.2) is 0 Å². The van der Waals surface area contributed by atoms with Crippen LogP contribution >= 0.6 is 0 Å². The van der Waals surface area contributed by atoms with E-state index in [0.717, 1.165) is 0 Å². The lowest BCUT2D eigenvalue weighted by molar-refractivity contribution is 0.0600. The fraction of sp³-hybridized carbons (Fsp3) is 0.222. The quantitative estimate of drug-likeness (QED) is 0.698. The highest BCUT2D eigenvalue weighted by atomic mass is 32.2. The molecule has 0 saturated carbocycles. The molecular formula is C18H20N2O6S. The van der Waals surface area contributed by atoms with Crippen molar-refractivity contribution in [1.29, 1.82) is 0 Å². The number of hydrogen-bond acceptors (Lipinski definition) is 6. The molecule has 0 aliphatic rings. The third-order valence-corrected chi connectivity index (χ3v) is 4.98. The number of benzene rings is 2. The SMILES string of the molecule is CCNC(=O)c1cc(S(=O)(=O)Nc2cccc(C(=O)OC)c2)ccc1OC. The summed E-state index contributed by atoms with van der Waals surface area (Å²) >= 11 is 0. The van der Waals surface area contributed by atoms with Crippen LogP contribution in [0.5, 0.6) is 5.75 Å². The number of carbonyl (C=O) groups excluding carboxylic acids is 2. The van der Waals surface area contributed by atoms with Gasteiger partial charge in [-0.3, -0.25) is 9.52 Å². The Morgan fingerprint density at radius 3 is 2.44 bits per heavy atom. The molecule has 0 aliphatic carbocycles. The van der Waals surface area contributed by atoms with E-state index in [1.54, 1.807) is 6.92 Å². The van der Waals surface area contributed by atoms with Gasteiger partial charge in [-0.1, -0.05) is 6.07 Å². The Balaban J connectivity index is 2.38. The zero-order chi connectivity index (χ0) is 20.0. The van der Waals surface area contributed by atoms with Crippen molar-refractivity contribution in [2.45, 2.75) is 11.8 Å². The fourth-order valence-electron chi connectivity index (χ4n) is 2.33. The van der Waals surface area contributed by atoms with Crippen molar-refractivity contribution in [3.8, 4) is 5.75 Å². The van der Waals surface area contributed by atoms with Crippen molar-refractivity contribution in [3.05, 3.63) is 53.6 Å². The van der Waals surface area contributed by atoms with Crippen LogP contribution in [-0.2, 0) is 14.8 Å². The van der Waals surface area contributed by atoms with Gasteiger partial charge in [-0.25, -0.2) is 13.2 Å². The van der Waals surface area contributed by atoms with Crippen LogP contribution in [0.25, 0.3) is 0 Å². The van der Waals surface area contributed by atoms with Crippen LogP contribution in [0.2, 0.25) is 0 Å². The second-order valence-corrected chi connectivity index (χ2v) is 7.08. The van der Waals surface area contributed by atoms with Gasteiger partial charge >= 0.3 is 5.97 Å². The molecule has 2 rings (SSSR count). The summed E-state index contributed by atoms with van der Waals surface area (Å²) in [6.45, 7) is 2.14. The molecule has 0 radical (unpaired) electrons. The minimum Gasteiger partial charge on any atom is -0.496 e. The molecule has 0 saturated heterocycles. The van der Waals surface area contributed by atoms with Crippen LogP contribution in [0.4, 0.5) is 5.69 Å². The first kappa shape index (κ1) is 20.2. The molecule has 0 atom stereocenters. The Morgan fingerprint density at radius 1 is 1.07 bits per heavy atom. The maximum atomic E-state index is 12.7. The predicted octanol–water partition coefficient (Wildman–Crippen LogP) is 2.03. The lowest BCUT2D eigenvalue weighted by Gasteiger charge is -2.12. The lowest BCUT2D eigenvalue weighted by atomic mass is 10.2. The number of nitrogens with one attached hydrogen (secondary N) is 2. The Hall–Kier alpha value is -3.07. The van der Waals surface area contributed by atoms with Crippen LogP contribution in [0.3, 0.4) is 0 Å². The molecule has 0 aromatic heterocycles. The molecule has 144 valence electrons. The van der Waals surface area contributed by atoms with E-state index in [1.807, 2.05) is 0 Å². The van der Waals surface area contributed by atoms with Crippen molar-refractivity contribution in [3.63, 3.8) is 0 Å². The Labute approximate surface area is 157 Å². The van der Waals surface area contributed by atoms with Crippen molar-refractivity contribution < 1.29 is 27.5 Å². The Morgan fingerprint density at radius 2 is 1.81 bits per heavy atom. The predicted molar refractivity (Wildman–Crippen MR) is 99.6 cm³/mol. The maximum absolute atomic E-state index is 12.7. The van der Waals surface area contributed by atoms with Gasteiger partial charge in [0, 0.05) is 12.2 Å². The van der Waals surface area contributed by atoms with Gasteiger partial charge in [0.1, 0.15) is 5.75 Å². The summed E-state index contributed by atoms with van der Waals surface area (Å²) in [5, 5.41) is 2.61. The summed E-state index contributed by atoms with van der Waals surface area (Å²) in [7, 11) is -1.37. The smallest absolute Gasteiger partial charge is 0.337 e. The van der Waals surface area contributed by atoms with E-state index in [-0.39, 0.29) is 27.5 Å². The van der Waals surface area contributed by atoms with E-state index in [9.17, 15) is 18.0 Å². The lowest BCUT2D eigenvalue weighted by Crippen LogP contribution is -2.24. The largest absolute Gasteiger partial charge is 0.496 e. The molecule has 2 aromatic rings. The molecule has 0 aliphatic heterocycles. The van der Waals surface area contributed by atoms with E-state index < -0.39 is 21.9 Å². The van der Waals surface area contributed by atoms with E-state index in [1.165, 1.54) is 56.7 Å². The summed E-state index contributed by atoms with van der Waals surface area (Å²) < 4.78 is 37.5. The van der Waals surface area contributed by atoms with Gasteiger partial charge < -0.3 is 14.8 Å². The van der Waals surface area contributed by atoms with Gasteiger partial charge in [0.05, 0.1) is 30.2 Å². The minimum absolute atomic E-state index is 0.102. The number of esters is 1. The van der Waals surface area contributed by atoms with Crippen molar-refractivity contribution in [2.75, 3.05) is 25.5 Å². The van der Waals surface area contributed by atoms with Crippen molar-refractivity contribution >= 4 is 27.6 Å². The summed E-state index contributed by atoms with van der Waals surface area (Å²) in [6, 6.07) is 9.85. The Kier molecular flexibility index (Phi) is 6.40. The molecule has 8 nitrogen and oxygen atoms in total. The normalized spacial score (nSPS) is 10.8. The van der Waals surface area contributed by atoms with Gasteiger partial charge in [0.2, 0.25) is 0 Å². The first-order valence-electron chi connectivity index (χ1n) is 7.99. The number of rotatable bonds is 7. The highest BCUT2D eigenvalue weighted by Crippen LogP contribution is 2.24. The maximum Gasteiger partial charge on any atom is 0.337 e. The molecule has 2 aromatic carbocycles. The van der Waals surface area contributed by atoms with Crippen LogP contribution in [0.15, 0.2) is 47.4 Å². The van der Waals surface area contributed by atoms with E-state index >= 15 is 0 Å². The summed E-state index contributed by atoms with van der Waals surface area (Å²) in [5.41, 5.74) is 0.495. The zero-order valence-corrected chi connectivity index (χ0v) is 15.9. The molecule has 1 amide bonds. The molecule has 0 bridgehead atoms. The third kappa shape index (κ3) is 4.76. The molecular weight excluding hydrogens is 372 g/mol. The minimum atomic E-state index is -4.00. The number of ether oxygens (including phenoxy) is 2. The van der Waals surface area contributed by atoms with Gasteiger partial charge in [0.25, 0.3) is 15.9 Å². The number of amides is 1. The second kappa shape index (κ2) is 8.54. The number of methoxy groups -OCH3 is 2. The average Bonchev–Trinajstić information content (AvgIpc) is 2.66. The molecule has 0 fully saturated rings. The van der Waals surface area contributed by atoms with Crippen molar-refractivity contribution in [2.24, 2.45) is 0 Å². The van der Waals surface area contributed by atoms with E-state index in [4.69, 9.17) is 4.74 Å². The average molecular weight is 392 g/mol. The topological polar surface area (TPSA) is 111 Å². The molecule has 0 heterocycles. The van der Waals surface area contributed by atoms with Gasteiger partial charge in [-0.2, -0.15) is 0 Å². The highest BCUT2D eigenvalue weighted by Gasteiger charge is 2.20. The standard InChI is InChI=1S/C18H20N2O6S/c1-4-19-17(21)15-11-14(8-9-16(15)25-2)27(23,24)20-13-7-5-6-12(10-13)18(22)26-3/h5-11,20H,4H2,1-3H3,(H,19,21). The summed E-state index contributed by atoms with van der Waals surface area (Å²) in [5.74, 6) is -0.773. The molecule has 0 spiro atoms. The number of hydrogen-bond donors (Lipinski definition) is 2. The molecule has 9 heteroatoms. The van der Waals surface area contributed by atoms with Crippen molar-refractivity contribution in [1.82, 2.24) is 5.32 Å². The van der Waals surface area contributed by atoms with E-state index in [2.05, 4.69) is 14.8 Å². The molecule has 27 heavy (non-hydrogen) atoms. The second-order valence-electron chi connectivity index (χ2n) is 5.40. The monoisotopic (exact) mass is 392 g/mol. The fourth-order valence-corrected chi connectivity index (χ4v) is 3.40. The van der Waals surface area contributed by atoms with Gasteiger partial charge in [-0.05, 0) is 43.3 Å². The van der Waals surface area contributed by atoms with Crippen LogP contribution in [-0.4, -0.2) is 41.1 Å². The first-order chi connectivity index (χ1) is 12.8. The van der Waals surface area contributed by atoms with Crippen LogP contribution < -0.4 is 14.8 Å².